The lowest BCUT2D eigenvalue weighted by Gasteiger charge is -2.35. The highest BCUT2D eigenvalue weighted by molar-refractivity contribution is 5.79. The molecule has 0 aromatic heterocycles. The fourth-order valence-corrected chi connectivity index (χ4v) is 5.18. The summed E-state index contributed by atoms with van der Waals surface area (Å²) < 4.78 is 11.6. The molecule has 3 heterocycles. The van der Waals surface area contributed by atoms with Crippen molar-refractivity contribution < 1.29 is 14.3 Å². The molecule has 0 bridgehead atoms. The number of piperidine rings is 1. The molecule has 5 rings (SSSR count). The molecule has 4 aliphatic rings. The number of ether oxygens (including phenoxy) is 2. The molecule has 0 N–H and O–H groups in total. The first-order valence-corrected chi connectivity index (χ1v) is 12.0. The van der Waals surface area contributed by atoms with Crippen LogP contribution in [0.25, 0.3) is 0 Å². The number of hydrogen-bond acceptors (Lipinski definition) is 4. The van der Waals surface area contributed by atoms with E-state index in [4.69, 9.17) is 9.47 Å². The summed E-state index contributed by atoms with van der Waals surface area (Å²) in [6, 6.07) is 6.66. The molecule has 0 atom stereocenters. The predicted octanol–water partition coefficient (Wildman–Crippen LogP) is 3.58. The van der Waals surface area contributed by atoms with Crippen molar-refractivity contribution in [2.45, 2.75) is 38.5 Å². The molecule has 31 heavy (non-hydrogen) atoms. The van der Waals surface area contributed by atoms with Crippen LogP contribution in [-0.4, -0.2) is 61.7 Å². The minimum absolute atomic E-state index is 0.175. The Balaban J connectivity index is 1.09. The van der Waals surface area contributed by atoms with Crippen molar-refractivity contribution in [1.82, 2.24) is 9.80 Å². The fourth-order valence-electron chi connectivity index (χ4n) is 5.18. The minimum atomic E-state index is 0.175. The Morgan fingerprint density at radius 1 is 1.00 bits per heavy atom. The third-order valence-electron chi connectivity index (χ3n) is 7.36. The molecule has 3 aliphatic heterocycles. The number of likely N-dealkylation sites (tertiary alicyclic amines) is 1. The standard InChI is InChI=1S/C26H34N2O3/c29-26(22-10-16-30-17-11-22)28-12-6-20(7-13-28)19-31-25-5-4-21-8-14-27(24-2-1-3-24)15-9-23(21)18-25/h1-5,18,20,22H,6-17,19H2. The number of carbonyl (C=O) groups is 1. The highest BCUT2D eigenvalue weighted by Crippen LogP contribution is 2.27. The number of carbonyl (C=O) groups excluding carboxylic acids is 1. The smallest absolute Gasteiger partial charge is 0.225 e. The summed E-state index contributed by atoms with van der Waals surface area (Å²) in [4.78, 5) is 17.3. The Morgan fingerprint density at radius 3 is 2.45 bits per heavy atom. The van der Waals surface area contributed by atoms with Crippen LogP contribution < -0.4 is 4.74 Å². The Kier molecular flexibility index (Phi) is 6.30. The maximum atomic E-state index is 12.7. The van der Waals surface area contributed by atoms with E-state index in [0.717, 1.165) is 90.3 Å². The van der Waals surface area contributed by atoms with Gasteiger partial charge in [-0.1, -0.05) is 12.1 Å². The van der Waals surface area contributed by atoms with Gasteiger partial charge in [-0.05, 0) is 79.9 Å². The van der Waals surface area contributed by atoms with Crippen LogP contribution in [0.15, 0.2) is 42.1 Å². The van der Waals surface area contributed by atoms with Crippen molar-refractivity contribution in [3.63, 3.8) is 0 Å². The van der Waals surface area contributed by atoms with E-state index in [9.17, 15) is 4.79 Å². The second-order valence-corrected chi connectivity index (χ2v) is 9.33. The van der Waals surface area contributed by atoms with Gasteiger partial charge in [-0.3, -0.25) is 4.79 Å². The van der Waals surface area contributed by atoms with Crippen LogP contribution in [0.5, 0.6) is 5.75 Å². The number of rotatable bonds is 5. The highest BCUT2D eigenvalue weighted by atomic mass is 16.5. The minimum Gasteiger partial charge on any atom is -0.493 e. The second kappa shape index (κ2) is 9.47. The maximum absolute atomic E-state index is 12.7. The molecule has 0 radical (unpaired) electrons. The molecular weight excluding hydrogens is 388 g/mol. The number of nitrogens with zero attached hydrogens (tertiary/aromatic N) is 2. The van der Waals surface area contributed by atoms with Crippen molar-refractivity contribution in [3.05, 3.63) is 53.3 Å². The van der Waals surface area contributed by atoms with Crippen LogP contribution in [0.4, 0.5) is 0 Å². The quantitative estimate of drug-likeness (QED) is 0.727. The SMILES string of the molecule is O=C(C1CCOCC1)N1CCC(COc2ccc3c(c2)CCN(C2=CC=C2)CC3)CC1. The summed E-state index contributed by atoms with van der Waals surface area (Å²) in [7, 11) is 0. The molecule has 2 saturated heterocycles. The number of fused-ring (bicyclic) bond motifs is 1. The third kappa shape index (κ3) is 4.82. The zero-order valence-electron chi connectivity index (χ0n) is 18.4. The molecule has 0 spiro atoms. The van der Waals surface area contributed by atoms with Gasteiger partial charge >= 0.3 is 0 Å². The van der Waals surface area contributed by atoms with Crippen molar-refractivity contribution in [1.29, 1.82) is 0 Å². The molecule has 0 saturated carbocycles. The second-order valence-electron chi connectivity index (χ2n) is 9.33. The monoisotopic (exact) mass is 422 g/mol. The molecule has 5 nitrogen and oxygen atoms in total. The van der Waals surface area contributed by atoms with E-state index >= 15 is 0 Å². The Bertz CT molecular complexity index is 848. The van der Waals surface area contributed by atoms with Gasteiger partial charge in [0, 0.05) is 51.0 Å². The molecule has 1 aromatic carbocycles. The molecule has 1 aliphatic carbocycles. The van der Waals surface area contributed by atoms with E-state index in [1.54, 1.807) is 0 Å². The number of benzene rings is 1. The van der Waals surface area contributed by atoms with Crippen molar-refractivity contribution in [2.24, 2.45) is 11.8 Å². The Labute approximate surface area is 185 Å². The lowest BCUT2D eigenvalue weighted by Crippen LogP contribution is -2.43. The van der Waals surface area contributed by atoms with Gasteiger partial charge in [-0.2, -0.15) is 0 Å². The number of allylic oxidation sites excluding steroid dienone is 3. The van der Waals surface area contributed by atoms with Crippen molar-refractivity contribution >= 4 is 5.91 Å². The first-order chi connectivity index (χ1) is 15.3. The van der Waals surface area contributed by atoms with Crippen LogP contribution in [0, 0.1) is 11.8 Å². The van der Waals surface area contributed by atoms with Gasteiger partial charge in [0.15, 0.2) is 0 Å². The highest BCUT2D eigenvalue weighted by Gasteiger charge is 2.29. The van der Waals surface area contributed by atoms with E-state index in [2.05, 4.69) is 46.2 Å². The molecule has 166 valence electrons. The Morgan fingerprint density at radius 2 is 1.74 bits per heavy atom. The predicted molar refractivity (Wildman–Crippen MR) is 121 cm³/mol. The number of amides is 1. The molecule has 1 amide bonds. The van der Waals surface area contributed by atoms with Crippen molar-refractivity contribution in [3.8, 4) is 5.75 Å². The van der Waals surface area contributed by atoms with Crippen LogP contribution >= 0.6 is 0 Å². The fraction of sp³-hybridized carbons (Fsp3) is 0.577. The molecule has 0 unspecified atom stereocenters. The van der Waals surface area contributed by atoms with Gasteiger partial charge in [0.05, 0.1) is 6.61 Å². The van der Waals surface area contributed by atoms with E-state index in [-0.39, 0.29) is 5.92 Å². The van der Waals surface area contributed by atoms with Crippen LogP contribution in [0.1, 0.15) is 36.8 Å². The topological polar surface area (TPSA) is 42.0 Å². The lowest BCUT2D eigenvalue weighted by molar-refractivity contribution is -0.140. The lowest BCUT2D eigenvalue weighted by atomic mass is 9.94. The maximum Gasteiger partial charge on any atom is 0.225 e. The summed E-state index contributed by atoms with van der Waals surface area (Å²) >= 11 is 0. The van der Waals surface area contributed by atoms with Crippen LogP contribution in [0.2, 0.25) is 0 Å². The molecule has 2 fully saturated rings. The van der Waals surface area contributed by atoms with E-state index < -0.39 is 0 Å². The van der Waals surface area contributed by atoms with Gasteiger partial charge in [-0.25, -0.2) is 0 Å². The van der Waals surface area contributed by atoms with E-state index in [0.29, 0.717) is 11.8 Å². The summed E-state index contributed by atoms with van der Waals surface area (Å²) in [5, 5.41) is 0. The van der Waals surface area contributed by atoms with Crippen LogP contribution in [-0.2, 0) is 22.4 Å². The summed E-state index contributed by atoms with van der Waals surface area (Å²) in [5.74, 6) is 2.05. The van der Waals surface area contributed by atoms with Crippen molar-refractivity contribution in [2.75, 3.05) is 46.0 Å². The van der Waals surface area contributed by atoms with Gasteiger partial charge in [0.25, 0.3) is 0 Å². The average Bonchev–Trinajstić information content (AvgIpc) is 2.99. The Hall–Kier alpha value is -2.27. The van der Waals surface area contributed by atoms with E-state index in [1.807, 2.05) is 0 Å². The summed E-state index contributed by atoms with van der Waals surface area (Å²) in [6.07, 6.45) is 12.5. The normalized spacial score (nSPS) is 22.4. The van der Waals surface area contributed by atoms with Gasteiger partial charge in [-0.15, -0.1) is 0 Å². The van der Waals surface area contributed by atoms with Gasteiger partial charge < -0.3 is 19.3 Å². The first kappa shape index (κ1) is 20.6. The average molecular weight is 423 g/mol. The third-order valence-corrected chi connectivity index (χ3v) is 7.36. The number of hydrogen-bond donors (Lipinski definition) is 0. The van der Waals surface area contributed by atoms with E-state index in [1.165, 1.54) is 16.8 Å². The molecular formula is C26H34N2O3. The van der Waals surface area contributed by atoms with Gasteiger partial charge in [0.1, 0.15) is 5.75 Å². The zero-order valence-corrected chi connectivity index (χ0v) is 18.4. The largest absolute Gasteiger partial charge is 0.493 e. The molecule has 5 heteroatoms. The van der Waals surface area contributed by atoms with Gasteiger partial charge in [0.2, 0.25) is 5.91 Å². The summed E-state index contributed by atoms with van der Waals surface area (Å²) in [6.45, 7) is 6.12. The first-order valence-electron chi connectivity index (χ1n) is 12.0. The zero-order chi connectivity index (χ0) is 21.0. The summed E-state index contributed by atoms with van der Waals surface area (Å²) in [5.41, 5.74) is 4.25. The van der Waals surface area contributed by atoms with Crippen LogP contribution in [0.3, 0.4) is 0 Å². The molecule has 1 aromatic rings.